The van der Waals surface area contributed by atoms with Crippen molar-refractivity contribution < 1.29 is 22.7 Å². The molecule has 1 N–H and O–H groups in total. The first kappa shape index (κ1) is 27.7. The molecule has 3 aromatic carbocycles. The Morgan fingerprint density at radius 3 is 2.05 bits per heavy atom. The van der Waals surface area contributed by atoms with Crippen molar-refractivity contribution in [2.24, 2.45) is 0 Å². The van der Waals surface area contributed by atoms with Crippen molar-refractivity contribution in [3.05, 3.63) is 90.5 Å². The third-order valence-electron chi connectivity index (χ3n) is 5.76. The molecule has 37 heavy (non-hydrogen) atoms. The molecule has 3 aromatic rings. The molecular weight excluding hydrogens is 490 g/mol. The number of sulfonamides is 1. The molecule has 0 aliphatic carbocycles. The molecule has 1 atom stereocenters. The number of anilines is 1. The number of amides is 2. The Morgan fingerprint density at radius 1 is 0.892 bits per heavy atom. The van der Waals surface area contributed by atoms with Gasteiger partial charge in [-0.15, -0.1) is 0 Å². The normalized spacial score (nSPS) is 11.9. The average Bonchev–Trinajstić information content (AvgIpc) is 2.91. The summed E-state index contributed by atoms with van der Waals surface area (Å²) in [5, 5.41) is 2.75. The largest absolute Gasteiger partial charge is 0.494 e. The van der Waals surface area contributed by atoms with Crippen LogP contribution in [0.5, 0.6) is 5.75 Å². The van der Waals surface area contributed by atoms with Crippen LogP contribution in [0.4, 0.5) is 5.69 Å². The highest BCUT2D eigenvalue weighted by Crippen LogP contribution is 2.26. The van der Waals surface area contributed by atoms with Crippen molar-refractivity contribution in [3.63, 3.8) is 0 Å². The molecule has 0 bridgehead atoms. The van der Waals surface area contributed by atoms with E-state index < -0.39 is 28.5 Å². The summed E-state index contributed by atoms with van der Waals surface area (Å²) >= 11 is 0. The molecule has 0 heterocycles. The predicted octanol–water partition coefficient (Wildman–Crippen LogP) is 3.83. The van der Waals surface area contributed by atoms with E-state index in [-0.39, 0.29) is 17.3 Å². The smallest absolute Gasteiger partial charge is 0.264 e. The maximum atomic E-state index is 13.8. The van der Waals surface area contributed by atoms with Crippen LogP contribution in [0.1, 0.15) is 26.3 Å². The monoisotopic (exact) mass is 523 g/mol. The summed E-state index contributed by atoms with van der Waals surface area (Å²) in [5.74, 6) is -0.262. The predicted molar refractivity (Wildman–Crippen MR) is 144 cm³/mol. The summed E-state index contributed by atoms with van der Waals surface area (Å²) in [6.07, 6.45) is 0. The molecule has 0 aliphatic rings. The van der Waals surface area contributed by atoms with Crippen molar-refractivity contribution in [2.75, 3.05) is 24.0 Å². The number of para-hydroxylation sites is 1. The molecule has 0 aromatic heterocycles. The molecule has 0 fully saturated rings. The second-order valence-corrected chi connectivity index (χ2v) is 10.2. The Hall–Kier alpha value is -3.85. The van der Waals surface area contributed by atoms with Gasteiger partial charge in [0.1, 0.15) is 18.3 Å². The number of ether oxygens (including phenoxy) is 1. The van der Waals surface area contributed by atoms with Crippen LogP contribution in [0.3, 0.4) is 0 Å². The standard InChI is InChI=1S/C28H33N3O5S/c1-4-29-28(33)22(3)30(20-23-12-8-6-9-13-23)27(32)21-31(24-14-10-7-11-15-24)37(34,35)26-18-16-25(17-19-26)36-5-2/h6-19,22H,4-5,20-21H2,1-3H3,(H,29,33)/t22-/m1/s1. The third kappa shape index (κ3) is 7.10. The van der Waals surface area contributed by atoms with Gasteiger partial charge in [-0.25, -0.2) is 8.42 Å². The fourth-order valence-corrected chi connectivity index (χ4v) is 5.22. The molecule has 0 saturated carbocycles. The lowest BCUT2D eigenvalue weighted by atomic mass is 10.1. The first-order valence-electron chi connectivity index (χ1n) is 12.2. The SMILES string of the molecule is CCNC(=O)[C@@H](C)N(Cc1ccccc1)C(=O)CN(c1ccccc1)S(=O)(=O)c1ccc(OCC)cc1. The third-order valence-corrected chi connectivity index (χ3v) is 7.55. The summed E-state index contributed by atoms with van der Waals surface area (Å²) in [6, 6.07) is 23.0. The van der Waals surface area contributed by atoms with Crippen molar-refractivity contribution in [1.29, 1.82) is 0 Å². The molecule has 0 unspecified atom stereocenters. The fourth-order valence-electron chi connectivity index (χ4n) is 3.81. The molecule has 0 saturated heterocycles. The molecule has 2 amide bonds. The number of benzene rings is 3. The van der Waals surface area contributed by atoms with Crippen LogP contribution in [0.2, 0.25) is 0 Å². The zero-order valence-corrected chi connectivity index (χ0v) is 22.1. The molecule has 8 nitrogen and oxygen atoms in total. The molecule has 0 spiro atoms. The molecule has 9 heteroatoms. The van der Waals surface area contributed by atoms with Crippen LogP contribution < -0.4 is 14.4 Å². The zero-order valence-electron chi connectivity index (χ0n) is 21.3. The summed E-state index contributed by atoms with van der Waals surface area (Å²) in [7, 11) is -4.11. The van der Waals surface area contributed by atoms with Crippen molar-refractivity contribution in [3.8, 4) is 5.75 Å². The minimum absolute atomic E-state index is 0.0268. The van der Waals surface area contributed by atoms with Gasteiger partial charge in [0.25, 0.3) is 10.0 Å². The van der Waals surface area contributed by atoms with E-state index in [1.807, 2.05) is 37.3 Å². The number of nitrogens with zero attached hydrogens (tertiary/aromatic N) is 2. The summed E-state index contributed by atoms with van der Waals surface area (Å²) in [4.78, 5) is 27.8. The van der Waals surface area contributed by atoms with Gasteiger partial charge < -0.3 is 15.0 Å². The van der Waals surface area contributed by atoms with Crippen molar-refractivity contribution in [2.45, 2.75) is 38.3 Å². The molecular formula is C28H33N3O5S. The highest BCUT2D eigenvalue weighted by atomic mass is 32.2. The maximum absolute atomic E-state index is 13.8. The average molecular weight is 524 g/mol. The van der Waals surface area contributed by atoms with Crippen LogP contribution in [-0.2, 0) is 26.2 Å². The van der Waals surface area contributed by atoms with E-state index in [9.17, 15) is 18.0 Å². The number of carbonyl (C=O) groups is 2. The Balaban J connectivity index is 1.98. The lowest BCUT2D eigenvalue weighted by molar-refractivity contribution is -0.139. The van der Waals surface area contributed by atoms with E-state index >= 15 is 0 Å². The van der Waals surface area contributed by atoms with Crippen LogP contribution in [0.15, 0.2) is 89.8 Å². The summed E-state index contributed by atoms with van der Waals surface area (Å²) < 4.78 is 34.0. The van der Waals surface area contributed by atoms with Gasteiger partial charge in [-0.1, -0.05) is 48.5 Å². The molecule has 0 radical (unpaired) electrons. The second kappa shape index (κ2) is 12.9. The Kier molecular flexibility index (Phi) is 9.68. The Morgan fingerprint density at radius 2 is 1.49 bits per heavy atom. The van der Waals surface area contributed by atoms with Gasteiger partial charge in [0, 0.05) is 13.1 Å². The maximum Gasteiger partial charge on any atom is 0.264 e. The van der Waals surface area contributed by atoms with Crippen LogP contribution in [0.25, 0.3) is 0 Å². The topological polar surface area (TPSA) is 96.0 Å². The molecule has 196 valence electrons. The van der Waals surface area contributed by atoms with E-state index in [4.69, 9.17) is 4.74 Å². The number of likely N-dealkylation sites (N-methyl/N-ethyl adjacent to an activating group) is 1. The minimum Gasteiger partial charge on any atom is -0.494 e. The lowest BCUT2D eigenvalue weighted by Gasteiger charge is -2.32. The van der Waals surface area contributed by atoms with Crippen molar-refractivity contribution >= 4 is 27.5 Å². The fraction of sp³-hybridized carbons (Fsp3) is 0.286. The van der Waals surface area contributed by atoms with Crippen LogP contribution in [0, 0.1) is 0 Å². The number of hydrogen-bond donors (Lipinski definition) is 1. The summed E-state index contributed by atoms with van der Waals surface area (Å²) in [5.41, 5.74) is 1.17. The van der Waals surface area contributed by atoms with Gasteiger partial charge in [0.15, 0.2) is 0 Å². The second-order valence-electron chi connectivity index (χ2n) is 8.33. The van der Waals surface area contributed by atoms with Gasteiger partial charge in [-0.3, -0.25) is 13.9 Å². The number of hydrogen-bond acceptors (Lipinski definition) is 5. The Labute approximate surface area is 218 Å². The zero-order chi connectivity index (χ0) is 26.8. The van der Waals surface area contributed by atoms with E-state index in [1.165, 1.54) is 17.0 Å². The first-order chi connectivity index (χ1) is 17.8. The van der Waals surface area contributed by atoms with E-state index in [0.717, 1.165) is 9.87 Å². The van der Waals surface area contributed by atoms with Gasteiger partial charge >= 0.3 is 0 Å². The number of rotatable bonds is 12. The summed E-state index contributed by atoms with van der Waals surface area (Å²) in [6.45, 7) is 5.83. The van der Waals surface area contributed by atoms with E-state index in [2.05, 4.69) is 5.32 Å². The highest BCUT2D eigenvalue weighted by molar-refractivity contribution is 7.92. The molecule has 0 aliphatic heterocycles. The van der Waals surface area contributed by atoms with Gasteiger partial charge in [0.05, 0.1) is 17.2 Å². The lowest BCUT2D eigenvalue weighted by Crippen LogP contribution is -2.51. The highest BCUT2D eigenvalue weighted by Gasteiger charge is 2.32. The number of carbonyl (C=O) groups excluding carboxylic acids is 2. The van der Waals surface area contributed by atoms with Crippen molar-refractivity contribution in [1.82, 2.24) is 10.2 Å². The minimum atomic E-state index is -4.11. The number of nitrogens with one attached hydrogen (secondary N) is 1. The molecule has 3 rings (SSSR count). The van der Waals surface area contributed by atoms with Gasteiger partial charge in [-0.05, 0) is 62.7 Å². The van der Waals surface area contributed by atoms with Crippen LogP contribution >= 0.6 is 0 Å². The Bertz CT molecular complexity index is 1270. The van der Waals surface area contributed by atoms with Crippen LogP contribution in [-0.4, -0.2) is 50.9 Å². The quantitative estimate of drug-likeness (QED) is 0.389. The van der Waals surface area contributed by atoms with E-state index in [1.54, 1.807) is 56.3 Å². The van der Waals surface area contributed by atoms with Gasteiger partial charge in [0.2, 0.25) is 11.8 Å². The van der Waals surface area contributed by atoms with Gasteiger partial charge in [-0.2, -0.15) is 0 Å². The van der Waals surface area contributed by atoms with E-state index in [0.29, 0.717) is 24.6 Å². The first-order valence-corrected chi connectivity index (χ1v) is 13.6.